The van der Waals surface area contributed by atoms with Crippen LogP contribution in [0.3, 0.4) is 0 Å². The van der Waals surface area contributed by atoms with E-state index >= 15 is 0 Å². The number of amides is 2. The Morgan fingerprint density at radius 2 is 1.76 bits per heavy atom. The number of carbonyl (C=O) groups is 2. The Morgan fingerprint density at radius 1 is 1.24 bits per heavy atom. The van der Waals surface area contributed by atoms with Gasteiger partial charge in [-0.2, -0.15) is 0 Å². The zero-order valence-electron chi connectivity index (χ0n) is 12.6. The van der Waals surface area contributed by atoms with Gasteiger partial charge in [0, 0.05) is 6.92 Å². The Bertz CT molecular complexity index is 449. The smallest absolute Gasteiger partial charge is 0.408 e. The standard InChI is InChI=1S/C13H21F2N3O3/c1-11(2,3)21-10(20)17-7-8(16)18-9(19)13(5-6-13)12(4,14)15/h5-7H2,1-4H3,(H,17,20)(H2,16,18,19). The van der Waals surface area contributed by atoms with E-state index in [0.717, 1.165) is 0 Å². The number of halogens is 2. The fourth-order valence-electron chi connectivity index (χ4n) is 1.77. The molecule has 1 fully saturated rings. The molecule has 0 atom stereocenters. The molecule has 0 aliphatic heterocycles. The molecule has 0 heterocycles. The van der Waals surface area contributed by atoms with Gasteiger partial charge in [-0.05, 0) is 33.6 Å². The highest BCUT2D eigenvalue weighted by molar-refractivity contribution is 6.02. The first kappa shape index (κ1) is 17.3. The number of ether oxygens (including phenoxy) is 1. The van der Waals surface area contributed by atoms with Crippen LogP contribution in [0.4, 0.5) is 13.6 Å². The van der Waals surface area contributed by atoms with E-state index in [1.807, 2.05) is 0 Å². The molecule has 0 aromatic carbocycles. The van der Waals surface area contributed by atoms with Crippen molar-refractivity contribution in [2.45, 2.75) is 52.1 Å². The monoisotopic (exact) mass is 305 g/mol. The third-order valence-corrected chi connectivity index (χ3v) is 3.10. The van der Waals surface area contributed by atoms with Crippen molar-refractivity contribution in [3.05, 3.63) is 0 Å². The van der Waals surface area contributed by atoms with Gasteiger partial charge in [0.1, 0.15) is 16.9 Å². The summed E-state index contributed by atoms with van der Waals surface area (Å²) in [5.41, 5.74) is -2.40. The maximum atomic E-state index is 13.3. The van der Waals surface area contributed by atoms with E-state index in [4.69, 9.17) is 10.1 Å². The Balaban J connectivity index is 2.42. The molecule has 0 saturated heterocycles. The van der Waals surface area contributed by atoms with E-state index < -0.39 is 28.9 Å². The van der Waals surface area contributed by atoms with Gasteiger partial charge in [0.25, 0.3) is 5.92 Å². The zero-order chi connectivity index (χ0) is 16.5. The molecule has 1 saturated carbocycles. The average molecular weight is 305 g/mol. The minimum atomic E-state index is -3.13. The van der Waals surface area contributed by atoms with Crippen LogP contribution < -0.4 is 10.6 Å². The zero-order valence-corrected chi connectivity index (χ0v) is 12.6. The molecule has 0 aromatic heterocycles. The number of nitrogens with one attached hydrogen (secondary N) is 3. The van der Waals surface area contributed by atoms with Gasteiger partial charge in [0.2, 0.25) is 5.91 Å². The topological polar surface area (TPSA) is 91.3 Å². The first-order valence-corrected chi connectivity index (χ1v) is 6.61. The molecule has 0 spiro atoms. The minimum absolute atomic E-state index is 0.0924. The second kappa shape index (κ2) is 5.57. The first-order valence-electron chi connectivity index (χ1n) is 6.61. The highest BCUT2D eigenvalue weighted by Crippen LogP contribution is 2.56. The van der Waals surface area contributed by atoms with Crippen molar-refractivity contribution in [3.63, 3.8) is 0 Å². The molecule has 1 aliphatic carbocycles. The third kappa shape index (κ3) is 4.64. The average Bonchev–Trinajstić information content (AvgIpc) is 3.03. The van der Waals surface area contributed by atoms with Gasteiger partial charge < -0.3 is 15.4 Å². The quantitative estimate of drug-likeness (QED) is 0.548. The predicted octanol–water partition coefficient (Wildman–Crippen LogP) is 2.04. The van der Waals surface area contributed by atoms with Crippen molar-refractivity contribution >= 4 is 17.8 Å². The molecule has 3 N–H and O–H groups in total. The van der Waals surface area contributed by atoms with E-state index in [9.17, 15) is 18.4 Å². The number of hydrogen-bond acceptors (Lipinski definition) is 4. The summed E-state index contributed by atoms with van der Waals surface area (Å²) in [5, 5.41) is 11.9. The molecule has 21 heavy (non-hydrogen) atoms. The second-order valence-corrected chi connectivity index (χ2v) is 6.26. The van der Waals surface area contributed by atoms with E-state index in [2.05, 4.69) is 10.6 Å². The highest BCUT2D eigenvalue weighted by atomic mass is 19.3. The molecule has 8 heteroatoms. The molecule has 0 unspecified atom stereocenters. The molecule has 0 aromatic rings. The lowest BCUT2D eigenvalue weighted by atomic mass is 9.98. The molecule has 2 amide bonds. The van der Waals surface area contributed by atoms with Crippen LogP contribution >= 0.6 is 0 Å². The van der Waals surface area contributed by atoms with E-state index in [1.54, 1.807) is 20.8 Å². The number of rotatable bonds is 4. The van der Waals surface area contributed by atoms with Gasteiger partial charge in [-0.3, -0.25) is 10.2 Å². The molecule has 120 valence electrons. The van der Waals surface area contributed by atoms with Crippen molar-refractivity contribution in [3.8, 4) is 0 Å². The Morgan fingerprint density at radius 3 is 2.14 bits per heavy atom. The van der Waals surface area contributed by atoms with Crippen molar-refractivity contribution < 1.29 is 23.1 Å². The van der Waals surface area contributed by atoms with Crippen LogP contribution in [0, 0.1) is 10.8 Å². The van der Waals surface area contributed by atoms with Gasteiger partial charge in [-0.1, -0.05) is 0 Å². The minimum Gasteiger partial charge on any atom is -0.444 e. The van der Waals surface area contributed by atoms with Gasteiger partial charge >= 0.3 is 6.09 Å². The van der Waals surface area contributed by atoms with Crippen LogP contribution in [-0.4, -0.2) is 35.9 Å². The lowest BCUT2D eigenvalue weighted by molar-refractivity contribution is -0.140. The highest BCUT2D eigenvalue weighted by Gasteiger charge is 2.64. The second-order valence-electron chi connectivity index (χ2n) is 6.26. The molecular formula is C13H21F2N3O3. The molecule has 1 rings (SSSR count). The number of alkyl carbamates (subject to hydrolysis) is 1. The van der Waals surface area contributed by atoms with Crippen LogP contribution in [0.25, 0.3) is 0 Å². The van der Waals surface area contributed by atoms with Crippen LogP contribution in [0.5, 0.6) is 0 Å². The van der Waals surface area contributed by atoms with Gasteiger partial charge in [-0.25, -0.2) is 13.6 Å². The number of hydrogen-bond donors (Lipinski definition) is 3. The maximum absolute atomic E-state index is 13.3. The summed E-state index contributed by atoms with van der Waals surface area (Å²) in [6.45, 7) is 5.44. The van der Waals surface area contributed by atoms with Crippen LogP contribution in [0.2, 0.25) is 0 Å². The van der Waals surface area contributed by atoms with Gasteiger partial charge in [-0.15, -0.1) is 0 Å². The summed E-state index contributed by atoms with van der Waals surface area (Å²) >= 11 is 0. The molecule has 0 radical (unpaired) electrons. The van der Waals surface area contributed by atoms with Crippen molar-refractivity contribution in [1.29, 1.82) is 5.41 Å². The van der Waals surface area contributed by atoms with E-state index in [1.165, 1.54) is 0 Å². The third-order valence-electron chi connectivity index (χ3n) is 3.10. The largest absolute Gasteiger partial charge is 0.444 e. The first-order chi connectivity index (χ1) is 9.37. The van der Waals surface area contributed by atoms with Crippen molar-refractivity contribution in [1.82, 2.24) is 10.6 Å². The van der Waals surface area contributed by atoms with Gasteiger partial charge in [0.15, 0.2) is 0 Å². The van der Waals surface area contributed by atoms with E-state index in [0.29, 0.717) is 6.92 Å². The molecule has 1 aliphatic rings. The summed E-state index contributed by atoms with van der Waals surface area (Å²) in [4.78, 5) is 23.1. The lowest BCUT2D eigenvalue weighted by Crippen LogP contribution is -2.47. The SMILES string of the molecule is CC(C)(C)OC(=O)NCC(=N)NC(=O)C1(C(C)(F)F)CC1. The van der Waals surface area contributed by atoms with Gasteiger partial charge in [0.05, 0.1) is 6.54 Å². The van der Waals surface area contributed by atoms with Crippen LogP contribution in [0.15, 0.2) is 0 Å². The Labute approximate surface area is 122 Å². The van der Waals surface area contributed by atoms with Crippen LogP contribution in [-0.2, 0) is 9.53 Å². The Kier molecular flexibility index (Phi) is 4.60. The fraction of sp³-hybridized carbons (Fsp3) is 0.769. The molecule has 6 nitrogen and oxygen atoms in total. The predicted molar refractivity (Wildman–Crippen MR) is 72.4 cm³/mol. The number of alkyl halides is 2. The summed E-state index contributed by atoms with van der Waals surface area (Å²) in [6.07, 6.45) is -0.562. The lowest BCUT2D eigenvalue weighted by Gasteiger charge is -2.22. The van der Waals surface area contributed by atoms with E-state index in [-0.39, 0.29) is 25.2 Å². The summed E-state index contributed by atoms with van der Waals surface area (Å²) in [7, 11) is 0. The molecule has 0 bridgehead atoms. The maximum Gasteiger partial charge on any atom is 0.408 e. The van der Waals surface area contributed by atoms with Crippen molar-refractivity contribution in [2.75, 3.05) is 6.54 Å². The Hall–Kier alpha value is -1.73. The molecular weight excluding hydrogens is 284 g/mol. The summed E-state index contributed by atoms with van der Waals surface area (Å²) in [6, 6.07) is 0. The summed E-state index contributed by atoms with van der Waals surface area (Å²) < 4.78 is 31.6. The summed E-state index contributed by atoms with van der Waals surface area (Å²) in [5.74, 6) is -4.37. The van der Waals surface area contributed by atoms with Crippen LogP contribution in [0.1, 0.15) is 40.5 Å². The normalized spacial score (nSPS) is 16.9. The number of amidine groups is 1. The number of carbonyl (C=O) groups excluding carboxylic acids is 2. The van der Waals surface area contributed by atoms with Crippen molar-refractivity contribution in [2.24, 2.45) is 5.41 Å². The fourth-order valence-corrected chi connectivity index (χ4v) is 1.77.